The number of anilines is 1. The van der Waals surface area contributed by atoms with E-state index in [1.165, 1.54) is 5.56 Å². The van der Waals surface area contributed by atoms with Crippen LogP contribution in [0.2, 0.25) is 0 Å². The van der Waals surface area contributed by atoms with Crippen molar-refractivity contribution in [2.75, 3.05) is 38.2 Å². The molecule has 3 rings (SSSR count). The first-order valence-electron chi connectivity index (χ1n) is 6.89. The molecule has 1 unspecified atom stereocenters. The van der Waals surface area contributed by atoms with Gasteiger partial charge in [0.15, 0.2) is 11.5 Å². The number of fused-ring (bicyclic) bond motifs is 3. The van der Waals surface area contributed by atoms with Crippen LogP contribution in [0.3, 0.4) is 0 Å². The lowest BCUT2D eigenvalue weighted by molar-refractivity contribution is 0.0892. The minimum absolute atomic E-state index is 0.0401. The maximum absolute atomic E-state index is 8.74. The Labute approximate surface area is 112 Å². The van der Waals surface area contributed by atoms with Gasteiger partial charge in [-0.25, -0.2) is 0 Å². The van der Waals surface area contributed by atoms with Crippen LogP contribution in [0, 0.1) is 0 Å². The van der Waals surface area contributed by atoms with Gasteiger partial charge in [0.25, 0.3) is 0 Å². The minimum Gasteiger partial charge on any atom is -0.486 e. The van der Waals surface area contributed by atoms with Gasteiger partial charge < -0.3 is 25.2 Å². The fourth-order valence-electron chi connectivity index (χ4n) is 2.54. The lowest BCUT2D eigenvalue weighted by Gasteiger charge is -2.28. The van der Waals surface area contributed by atoms with Crippen molar-refractivity contribution >= 4 is 5.69 Å². The fourth-order valence-corrected chi connectivity index (χ4v) is 2.54. The highest BCUT2D eigenvalue weighted by Gasteiger charge is 2.26. The van der Waals surface area contributed by atoms with E-state index in [-0.39, 0.29) is 12.7 Å². The van der Waals surface area contributed by atoms with E-state index in [4.69, 9.17) is 14.6 Å². The molecule has 5 nitrogen and oxygen atoms in total. The Morgan fingerprint density at radius 3 is 3.26 bits per heavy atom. The minimum atomic E-state index is 0.0401. The van der Waals surface area contributed by atoms with Crippen molar-refractivity contribution in [3.63, 3.8) is 0 Å². The molecule has 104 valence electrons. The zero-order chi connectivity index (χ0) is 13.1. The third-order valence-electron chi connectivity index (χ3n) is 3.51. The van der Waals surface area contributed by atoms with Crippen molar-refractivity contribution in [1.82, 2.24) is 5.32 Å². The van der Waals surface area contributed by atoms with E-state index < -0.39 is 0 Å². The second kappa shape index (κ2) is 5.67. The zero-order valence-electron chi connectivity index (χ0n) is 10.9. The summed E-state index contributed by atoms with van der Waals surface area (Å²) in [5.74, 6) is 1.76. The molecule has 0 saturated carbocycles. The summed E-state index contributed by atoms with van der Waals surface area (Å²) in [6.45, 7) is 3.31. The summed E-state index contributed by atoms with van der Waals surface area (Å²) in [6.07, 6.45) is 1.80. The summed E-state index contributed by atoms with van der Waals surface area (Å²) in [5.41, 5.74) is 2.40. The standard InChI is InChI=1S/C14H20N2O3/c17-7-1-5-15-8-10-9-18-13-3-2-12-11(4-6-16-12)14(13)19-10/h2-3,10,15-17H,1,4-9H2. The number of rotatable bonds is 5. The Balaban J connectivity index is 1.64. The van der Waals surface area contributed by atoms with Crippen molar-refractivity contribution in [2.24, 2.45) is 0 Å². The molecular weight excluding hydrogens is 244 g/mol. The van der Waals surface area contributed by atoms with Crippen LogP contribution in [-0.4, -0.2) is 44.1 Å². The number of hydrogen-bond acceptors (Lipinski definition) is 5. The lowest BCUT2D eigenvalue weighted by atomic mass is 10.1. The predicted octanol–water partition coefficient (Wildman–Crippen LogP) is 0.766. The van der Waals surface area contributed by atoms with Crippen LogP contribution in [-0.2, 0) is 6.42 Å². The van der Waals surface area contributed by atoms with Crippen molar-refractivity contribution in [3.05, 3.63) is 17.7 Å². The van der Waals surface area contributed by atoms with Gasteiger partial charge in [-0.2, -0.15) is 0 Å². The summed E-state index contributed by atoms with van der Waals surface area (Å²) in [4.78, 5) is 0. The van der Waals surface area contributed by atoms with Gasteiger partial charge in [-0.15, -0.1) is 0 Å². The highest BCUT2D eigenvalue weighted by Crippen LogP contribution is 2.41. The van der Waals surface area contributed by atoms with E-state index >= 15 is 0 Å². The maximum atomic E-state index is 8.74. The Bertz CT molecular complexity index is 451. The smallest absolute Gasteiger partial charge is 0.167 e. The number of hydrogen-bond donors (Lipinski definition) is 3. The maximum Gasteiger partial charge on any atom is 0.167 e. The molecule has 0 amide bonds. The SMILES string of the molecule is OCCCNCC1COc2ccc3c(c2O1)CCN3. The van der Waals surface area contributed by atoms with E-state index in [1.54, 1.807) is 0 Å². The monoisotopic (exact) mass is 264 g/mol. The second-order valence-electron chi connectivity index (χ2n) is 4.93. The molecule has 2 aliphatic rings. The van der Waals surface area contributed by atoms with Crippen LogP contribution in [0.5, 0.6) is 11.5 Å². The topological polar surface area (TPSA) is 62.8 Å². The summed E-state index contributed by atoms with van der Waals surface area (Å²) in [7, 11) is 0. The summed E-state index contributed by atoms with van der Waals surface area (Å²) in [6, 6.07) is 4.03. The van der Waals surface area contributed by atoms with Gasteiger partial charge in [0.1, 0.15) is 12.7 Å². The molecule has 2 heterocycles. The quantitative estimate of drug-likeness (QED) is 0.686. The first-order chi connectivity index (χ1) is 9.38. The molecule has 0 bridgehead atoms. The molecule has 1 aromatic rings. The van der Waals surface area contributed by atoms with Gasteiger partial charge >= 0.3 is 0 Å². The van der Waals surface area contributed by atoms with Crippen LogP contribution >= 0.6 is 0 Å². The van der Waals surface area contributed by atoms with Gasteiger partial charge in [-0.1, -0.05) is 0 Å². The summed E-state index contributed by atoms with van der Waals surface area (Å²) < 4.78 is 11.8. The lowest BCUT2D eigenvalue weighted by Crippen LogP contribution is -2.39. The molecule has 5 heteroatoms. The molecule has 2 aliphatic heterocycles. The average molecular weight is 264 g/mol. The van der Waals surface area contributed by atoms with Crippen molar-refractivity contribution in [1.29, 1.82) is 0 Å². The average Bonchev–Trinajstić information content (AvgIpc) is 2.92. The van der Waals surface area contributed by atoms with E-state index in [2.05, 4.69) is 16.7 Å². The first-order valence-corrected chi connectivity index (χ1v) is 6.89. The van der Waals surface area contributed by atoms with Crippen molar-refractivity contribution < 1.29 is 14.6 Å². The molecule has 0 spiro atoms. The third-order valence-corrected chi connectivity index (χ3v) is 3.51. The van der Waals surface area contributed by atoms with Crippen molar-refractivity contribution in [3.8, 4) is 11.5 Å². The Morgan fingerprint density at radius 1 is 1.42 bits per heavy atom. The third kappa shape index (κ3) is 2.62. The Hall–Kier alpha value is -1.46. The van der Waals surface area contributed by atoms with Crippen LogP contribution in [0.25, 0.3) is 0 Å². The van der Waals surface area contributed by atoms with E-state index in [1.807, 2.05) is 6.07 Å². The summed E-state index contributed by atoms with van der Waals surface area (Å²) in [5, 5.41) is 15.4. The van der Waals surface area contributed by atoms with E-state index in [9.17, 15) is 0 Å². The van der Waals surface area contributed by atoms with E-state index in [0.29, 0.717) is 6.61 Å². The molecule has 0 aromatic heterocycles. The van der Waals surface area contributed by atoms with Gasteiger partial charge in [-0.05, 0) is 31.5 Å². The summed E-state index contributed by atoms with van der Waals surface area (Å²) >= 11 is 0. The number of ether oxygens (including phenoxy) is 2. The molecule has 0 aliphatic carbocycles. The van der Waals surface area contributed by atoms with Gasteiger partial charge in [0, 0.05) is 30.9 Å². The number of aliphatic hydroxyl groups is 1. The highest BCUT2D eigenvalue weighted by atomic mass is 16.6. The highest BCUT2D eigenvalue weighted by molar-refractivity contribution is 5.66. The van der Waals surface area contributed by atoms with Crippen LogP contribution in [0.15, 0.2) is 12.1 Å². The molecule has 0 saturated heterocycles. The zero-order valence-corrected chi connectivity index (χ0v) is 10.9. The molecule has 1 aromatic carbocycles. The van der Waals surface area contributed by atoms with Gasteiger partial charge in [0.05, 0.1) is 0 Å². The molecular formula is C14H20N2O3. The van der Waals surface area contributed by atoms with Gasteiger partial charge in [0.2, 0.25) is 0 Å². The molecule has 3 N–H and O–H groups in total. The number of nitrogens with one attached hydrogen (secondary N) is 2. The van der Waals surface area contributed by atoms with Crippen LogP contribution in [0.4, 0.5) is 5.69 Å². The van der Waals surface area contributed by atoms with Crippen LogP contribution < -0.4 is 20.1 Å². The molecule has 1 atom stereocenters. The molecule has 0 radical (unpaired) electrons. The Morgan fingerprint density at radius 2 is 2.37 bits per heavy atom. The second-order valence-corrected chi connectivity index (χ2v) is 4.93. The van der Waals surface area contributed by atoms with Crippen molar-refractivity contribution in [2.45, 2.75) is 18.9 Å². The largest absolute Gasteiger partial charge is 0.486 e. The fraction of sp³-hybridized carbons (Fsp3) is 0.571. The molecule has 19 heavy (non-hydrogen) atoms. The van der Waals surface area contributed by atoms with E-state index in [0.717, 1.165) is 49.7 Å². The van der Waals surface area contributed by atoms with Gasteiger partial charge in [-0.3, -0.25) is 0 Å². The Kier molecular flexibility index (Phi) is 3.75. The number of aliphatic hydroxyl groups excluding tert-OH is 1. The molecule has 0 fully saturated rings. The van der Waals surface area contributed by atoms with Crippen LogP contribution in [0.1, 0.15) is 12.0 Å². The normalized spacial score (nSPS) is 19.9. The first kappa shape index (κ1) is 12.6. The number of benzene rings is 1. The predicted molar refractivity (Wildman–Crippen MR) is 73.1 cm³/mol.